The largest absolute Gasteiger partial charge is 0.416 e. The number of nitrogens with zero attached hydrogens (tertiary/aromatic N) is 1. The van der Waals surface area contributed by atoms with Crippen molar-refractivity contribution in [1.82, 2.24) is 4.31 Å². The Morgan fingerprint density at radius 1 is 1.21 bits per heavy atom. The van der Waals surface area contributed by atoms with Crippen molar-refractivity contribution >= 4 is 33.0 Å². The fourth-order valence-corrected chi connectivity index (χ4v) is 6.03. The van der Waals surface area contributed by atoms with E-state index in [-0.39, 0.29) is 16.3 Å². The number of benzene rings is 1. The molecule has 0 aliphatic carbocycles. The molecule has 1 atom stereocenters. The molecule has 1 aromatic heterocycles. The van der Waals surface area contributed by atoms with E-state index >= 15 is 0 Å². The van der Waals surface area contributed by atoms with Crippen LogP contribution in [0.3, 0.4) is 0 Å². The van der Waals surface area contributed by atoms with Gasteiger partial charge in [0.25, 0.3) is 10.0 Å². The zero-order valence-corrected chi connectivity index (χ0v) is 16.4. The van der Waals surface area contributed by atoms with Crippen LogP contribution in [-0.2, 0) is 21.0 Å². The Hall–Kier alpha value is -1.91. The molecule has 2 aromatic rings. The van der Waals surface area contributed by atoms with E-state index in [9.17, 15) is 26.4 Å². The van der Waals surface area contributed by atoms with Gasteiger partial charge >= 0.3 is 6.18 Å². The second kappa shape index (κ2) is 8.22. The lowest BCUT2D eigenvalue weighted by molar-refractivity contribution is -0.137. The number of thiophene rings is 1. The summed E-state index contributed by atoms with van der Waals surface area (Å²) >= 11 is 1.11. The van der Waals surface area contributed by atoms with Crippen molar-refractivity contribution in [3.8, 4) is 0 Å². The summed E-state index contributed by atoms with van der Waals surface area (Å²) in [4.78, 5) is 12.4. The molecule has 10 heteroatoms. The summed E-state index contributed by atoms with van der Waals surface area (Å²) in [6, 6.07) is 7.02. The van der Waals surface area contributed by atoms with Gasteiger partial charge in [-0.1, -0.05) is 18.6 Å². The lowest BCUT2D eigenvalue weighted by Gasteiger charge is -2.34. The van der Waals surface area contributed by atoms with Crippen LogP contribution in [0.4, 0.5) is 18.9 Å². The summed E-state index contributed by atoms with van der Waals surface area (Å²) in [7, 11) is -3.69. The van der Waals surface area contributed by atoms with Crippen LogP contribution in [0.1, 0.15) is 31.2 Å². The molecule has 5 nitrogen and oxygen atoms in total. The van der Waals surface area contributed by atoms with Crippen LogP contribution in [-0.4, -0.2) is 31.2 Å². The Morgan fingerprint density at radius 3 is 2.68 bits per heavy atom. The van der Waals surface area contributed by atoms with E-state index in [0.717, 1.165) is 29.9 Å². The Kier molecular flexibility index (Phi) is 6.11. The molecule has 1 aliphatic rings. The van der Waals surface area contributed by atoms with E-state index in [1.54, 1.807) is 11.4 Å². The number of carbonyl (C=O) groups excluding carboxylic acids is 1. The third-order valence-corrected chi connectivity index (χ3v) is 7.85. The van der Waals surface area contributed by atoms with E-state index in [1.165, 1.54) is 22.5 Å². The van der Waals surface area contributed by atoms with Gasteiger partial charge in [-0.2, -0.15) is 17.5 Å². The number of piperidine rings is 1. The smallest absolute Gasteiger partial charge is 0.326 e. The molecule has 1 aromatic carbocycles. The molecule has 28 heavy (non-hydrogen) atoms. The van der Waals surface area contributed by atoms with Gasteiger partial charge in [0.05, 0.1) is 5.56 Å². The number of alkyl halides is 3. The topological polar surface area (TPSA) is 66.5 Å². The maximum atomic E-state index is 12.8. The number of carbonyl (C=O) groups is 1. The normalized spacial score (nSPS) is 18.8. The Bertz CT molecular complexity index is 928. The van der Waals surface area contributed by atoms with Gasteiger partial charge in [0.15, 0.2) is 0 Å². The van der Waals surface area contributed by atoms with Gasteiger partial charge in [-0.05, 0) is 42.5 Å². The number of hydrogen-bond donors (Lipinski definition) is 1. The van der Waals surface area contributed by atoms with Crippen LogP contribution in [0, 0.1) is 0 Å². The summed E-state index contributed by atoms with van der Waals surface area (Å²) in [5, 5.41) is 4.12. The molecule has 1 aliphatic heterocycles. The molecule has 1 saturated heterocycles. The molecule has 1 amide bonds. The Labute approximate surface area is 165 Å². The minimum absolute atomic E-state index is 0.0308. The second-order valence-corrected chi connectivity index (χ2v) is 9.59. The molecule has 0 radical (unpaired) electrons. The highest BCUT2D eigenvalue weighted by molar-refractivity contribution is 7.91. The number of sulfonamides is 1. The van der Waals surface area contributed by atoms with Crippen molar-refractivity contribution in [2.75, 3.05) is 11.9 Å². The van der Waals surface area contributed by atoms with E-state index in [4.69, 9.17) is 0 Å². The van der Waals surface area contributed by atoms with Gasteiger partial charge in [-0.25, -0.2) is 8.42 Å². The maximum Gasteiger partial charge on any atom is 0.416 e. The first-order valence-electron chi connectivity index (χ1n) is 8.70. The van der Waals surface area contributed by atoms with Gasteiger partial charge in [0.1, 0.15) is 4.21 Å². The molecule has 3 rings (SSSR count). The summed E-state index contributed by atoms with van der Waals surface area (Å²) < 4.78 is 65.7. The van der Waals surface area contributed by atoms with Crippen molar-refractivity contribution < 1.29 is 26.4 Å². The van der Waals surface area contributed by atoms with Crippen LogP contribution in [0.25, 0.3) is 0 Å². The van der Waals surface area contributed by atoms with Crippen molar-refractivity contribution in [3.05, 3.63) is 47.3 Å². The zero-order chi connectivity index (χ0) is 20.4. The third kappa shape index (κ3) is 4.73. The standard InChI is InChI=1S/C18H19F3N2O3S2/c19-18(20,21)13-5-3-6-14(11-13)22-16(24)12-15-7-1-2-9-23(15)28(25,26)17-8-4-10-27-17/h3-6,8,10-11,15H,1-2,7,9,12H2,(H,22,24)/t15-/m0/s1. The SMILES string of the molecule is O=C(C[C@@H]1CCCCN1S(=O)(=O)c1cccs1)Nc1cccc(C(F)(F)F)c1. The fraction of sp³-hybridized carbons (Fsp3) is 0.389. The summed E-state index contributed by atoms with van der Waals surface area (Å²) in [5.74, 6) is -0.516. The number of hydrogen-bond acceptors (Lipinski definition) is 4. The first-order valence-corrected chi connectivity index (χ1v) is 11.0. The van der Waals surface area contributed by atoms with Gasteiger partial charge < -0.3 is 5.32 Å². The summed E-state index contributed by atoms with van der Waals surface area (Å²) in [5.41, 5.74) is -0.826. The minimum atomic E-state index is -4.50. The molecule has 2 heterocycles. The highest BCUT2D eigenvalue weighted by Crippen LogP contribution is 2.32. The van der Waals surface area contributed by atoms with Crippen LogP contribution < -0.4 is 5.32 Å². The second-order valence-electron chi connectivity index (χ2n) is 6.53. The Balaban J connectivity index is 1.72. The minimum Gasteiger partial charge on any atom is -0.326 e. The first kappa shape index (κ1) is 20.8. The van der Waals surface area contributed by atoms with Crippen LogP contribution in [0.2, 0.25) is 0 Å². The number of anilines is 1. The monoisotopic (exact) mass is 432 g/mol. The molecule has 1 N–H and O–H groups in total. The van der Waals surface area contributed by atoms with Crippen LogP contribution in [0.5, 0.6) is 0 Å². The molecule has 0 saturated carbocycles. The lowest BCUT2D eigenvalue weighted by Crippen LogP contribution is -2.45. The highest BCUT2D eigenvalue weighted by Gasteiger charge is 2.35. The lowest BCUT2D eigenvalue weighted by atomic mass is 10.0. The third-order valence-electron chi connectivity index (χ3n) is 4.53. The predicted octanol–water partition coefficient (Wildman–Crippen LogP) is 4.34. The Morgan fingerprint density at radius 2 is 2.00 bits per heavy atom. The van der Waals surface area contributed by atoms with Gasteiger partial charge in [0.2, 0.25) is 5.91 Å². The number of rotatable bonds is 5. The zero-order valence-electron chi connectivity index (χ0n) is 14.8. The summed E-state index contributed by atoms with van der Waals surface area (Å²) in [6.45, 7) is 0.321. The van der Waals surface area contributed by atoms with E-state index in [1.807, 2.05) is 0 Å². The predicted molar refractivity (Wildman–Crippen MR) is 101 cm³/mol. The van der Waals surface area contributed by atoms with Gasteiger partial charge in [0, 0.05) is 24.7 Å². The number of halogens is 3. The quantitative estimate of drug-likeness (QED) is 0.764. The fourth-order valence-electron chi connectivity index (χ4n) is 3.22. The molecule has 0 unspecified atom stereocenters. The maximum absolute atomic E-state index is 12.8. The van der Waals surface area contributed by atoms with E-state index in [2.05, 4.69) is 5.32 Å². The van der Waals surface area contributed by atoms with Crippen molar-refractivity contribution in [1.29, 1.82) is 0 Å². The van der Waals surface area contributed by atoms with E-state index < -0.39 is 33.7 Å². The van der Waals surface area contributed by atoms with Crippen molar-refractivity contribution in [2.24, 2.45) is 0 Å². The first-order chi connectivity index (χ1) is 13.2. The average molecular weight is 432 g/mol. The molecule has 0 bridgehead atoms. The van der Waals surface area contributed by atoms with E-state index in [0.29, 0.717) is 19.4 Å². The summed E-state index contributed by atoms with van der Waals surface area (Å²) in [6.07, 6.45) is -2.59. The van der Waals surface area contributed by atoms with Gasteiger partial charge in [-0.15, -0.1) is 11.3 Å². The molecular weight excluding hydrogens is 413 g/mol. The molecule has 152 valence electrons. The van der Waals surface area contributed by atoms with Crippen LogP contribution in [0.15, 0.2) is 46.0 Å². The molecule has 0 spiro atoms. The molecule has 1 fully saturated rings. The molecular formula is C18H19F3N2O3S2. The number of amides is 1. The number of nitrogens with one attached hydrogen (secondary N) is 1. The van der Waals surface area contributed by atoms with Crippen molar-refractivity contribution in [3.63, 3.8) is 0 Å². The van der Waals surface area contributed by atoms with Gasteiger partial charge in [-0.3, -0.25) is 4.79 Å². The average Bonchev–Trinajstić information content (AvgIpc) is 3.17. The highest BCUT2D eigenvalue weighted by atomic mass is 32.2. The van der Waals surface area contributed by atoms with Crippen LogP contribution >= 0.6 is 11.3 Å². The van der Waals surface area contributed by atoms with Crippen molar-refractivity contribution in [2.45, 2.75) is 42.1 Å².